The lowest BCUT2D eigenvalue weighted by Crippen LogP contribution is -2.32. The highest BCUT2D eigenvalue weighted by Crippen LogP contribution is 2.26. The molecular weight excluding hydrogens is 442 g/mol. The molecule has 0 aliphatic heterocycles. The Hall–Kier alpha value is -3.90. The van der Waals surface area contributed by atoms with E-state index in [1.165, 1.54) is 0 Å². The first kappa shape index (κ1) is 21.9. The van der Waals surface area contributed by atoms with E-state index in [-0.39, 0.29) is 5.91 Å². The van der Waals surface area contributed by atoms with Crippen LogP contribution in [0.2, 0.25) is 0 Å². The maximum atomic E-state index is 13.5. The topological polar surface area (TPSA) is 46.8 Å². The quantitative estimate of drug-likeness (QED) is 0.271. The van der Waals surface area contributed by atoms with Crippen LogP contribution in [0.5, 0.6) is 5.75 Å². The van der Waals surface area contributed by atoms with Gasteiger partial charge >= 0.3 is 0 Å². The van der Waals surface area contributed by atoms with Crippen molar-refractivity contribution in [2.45, 2.75) is 19.9 Å². The Morgan fingerprint density at radius 3 is 2.38 bits per heavy atom. The molecule has 0 fully saturated rings. The van der Waals surface area contributed by atoms with Crippen molar-refractivity contribution >= 4 is 27.9 Å². The minimum Gasteiger partial charge on any atom is -0.494 e. The predicted molar refractivity (Wildman–Crippen MR) is 137 cm³/mol. The maximum absolute atomic E-state index is 13.5. The number of anilines is 1. The van der Waals surface area contributed by atoms with Crippen LogP contribution < -0.4 is 9.64 Å². The van der Waals surface area contributed by atoms with Gasteiger partial charge in [-0.05, 0) is 48.9 Å². The molecule has 2 heterocycles. The third kappa shape index (κ3) is 4.72. The van der Waals surface area contributed by atoms with Crippen molar-refractivity contribution in [2.75, 3.05) is 11.5 Å². The van der Waals surface area contributed by atoms with Gasteiger partial charge in [0.2, 0.25) is 5.91 Å². The third-order valence-corrected chi connectivity index (χ3v) is 6.52. The molecule has 0 unspecified atom stereocenters. The summed E-state index contributed by atoms with van der Waals surface area (Å²) in [5.74, 6) is 0.893. The Kier molecular flexibility index (Phi) is 6.40. The largest absolute Gasteiger partial charge is 0.494 e. The van der Waals surface area contributed by atoms with Gasteiger partial charge in [-0.1, -0.05) is 48.5 Å². The molecule has 0 aliphatic carbocycles. The van der Waals surface area contributed by atoms with Crippen LogP contribution in [0.25, 0.3) is 16.2 Å². The number of hydrogen-bond acceptors (Lipinski definition) is 4. The standard InChI is InChI=1S/C28H25N3O2S/c1-2-33-25-15-13-22(14-16-25)26-19-31-24(20-34-28(31)29-26)17-27(32)30(23-11-7-4-8-12-23)18-21-9-5-3-6-10-21/h3-16,19-20H,2,17-18H2,1H3. The number of fused-ring (bicyclic) bond motifs is 1. The second-order valence-electron chi connectivity index (χ2n) is 7.94. The second-order valence-corrected chi connectivity index (χ2v) is 8.78. The molecule has 2 aromatic heterocycles. The van der Waals surface area contributed by atoms with Crippen LogP contribution in [0.4, 0.5) is 5.69 Å². The molecule has 0 atom stereocenters. The summed E-state index contributed by atoms with van der Waals surface area (Å²) in [5, 5.41) is 2.02. The van der Waals surface area contributed by atoms with E-state index < -0.39 is 0 Å². The Labute approximate surface area is 202 Å². The van der Waals surface area contributed by atoms with Crippen LogP contribution >= 0.6 is 11.3 Å². The molecular formula is C28H25N3O2S. The highest BCUT2D eigenvalue weighted by atomic mass is 32.1. The number of rotatable bonds is 8. The number of para-hydroxylation sites is 1. The normalized spacial score (nSPS) is 11.0. The molecule has 0 saturated carbocycles. The van der Waals surface area contributed by atoms with Crippen LogP contribution in [0, 0.1) is 0 Å². The molecule has 5 nitrogen and oxygen atoms in total. The number of imidazole rings is 1. The van der Waals surface area contributed by atoms with Crippen LogP contribution in [-0.4, -0.2) is 21.9 Å². The SMILES string of the molecule is CCOc1ccc(-c2cn3c(CC(=O)N(Cc4ccccc4)c4ccccc4)csc3n2)cc1. The Morgan fingerprint density at radius 1 is 0.971 bits per heavy atom. The minimum atomic E-state index is 0.0473. The van der Waals surface area contributed by atoms with Crippen LogP contribution in [0.3, 0.4) is 0 Å². The van der Waals surface area contributed by atoms with Crippen molar-refractivity contribution in [1.82, 2.24) is 9.38 Å². The van der Waals surface area contributed by atoms with E-state index in [9.17, 15) is 4.79 Å². The zero-order chi connectivity index (χ0) is 23.3. The molecule has 0 saturated heterocycles. The summed E-state index contributed by atoms with van der Waals surface area (Å²) in [5.41, 5.74) is 4.82. The molecule has 34 heavy (non-hydrogen) atoms. The zero-order valence-electron chi connectivity index (χ0n) is 18.9. The fourth-order valence-electron chi connectivity index (χ4n) is 3.93. The Bertz CT molecular complexity index is 1380. The molecule has 170 valence electrons. The number of hydrogen-bond donors (Lipinski definition) is 0. The van der Waals surface area contributed by atoms with E-state index in [0.717, 1.165) is 38.9 Å². The van der Waals surface area contributed by atoms with Gasteiger partial charge in [-0.3, -0.25) is 9.20 Å². The maximum Gasteiger partial charge on any atom is 0.233 e. The molecule has 1 amide bonds. The summed E-state index contributed by atoms with van der Waals surface area (Å²) >= 11 is 1.55. The third-order valence-electron chi connectivity index (χ3n) is 5.63. The minimum absolute atomic E-state index is 0.0473. The lowest BCUT2D eigenvalue weighted by molar-refractivity contribution is -0.118. The van der Waals surface area contributed by atoms with E-state index in [4.69, 9.17) is 9.72 Å². The summed E-state index contributed by atoms with van der Waals surface area (Å²) in [4.78, 5) is 21.0. The highest BCUT2D eigenvalue weighted by molar-refractivity contribution is 7.15. The highest BCUT2D eigenvalue weighted by Gasteiger charge is 2.19. The summed E-state index contributed by atoms with van der Waals surface area (Å²) in [7, 11) is 0. The van der Waals surface area contributed by atoms with Crippen molar-refractivity contribution in [3.05, 3.63) is 108 Å². The summed E-state index contributed by atoms with van der Waals surface area (Å²) in [6, 6.07) is 27.9. The van der Waals surface area contributed by atoms with Crippen LogP contribution in [0.1, 0.15) is 18.2 Å². The second kappa shape index (κ2) is 9.93. The van der Waals surface area contributed by atoms with Crippen LogP contribution in [0.15, 0.2) is 96.5 Å². The molecule has 5 aromatic rings. The smallest absolute Gasteiger partial charge is 0.233 e. The van der Waals surface area contributed by atoms with E-state index in [2.05, 4.69) is 0 Å². The number of ether oxygens (including phenoxy) is 1. The van der Waals surface area contributed by atoms with Gasteiger partial charge in [-0.15, -0.1) is 11.3 Å². The van der Waals surface area contributed by atoms with Gasteiger partial charge in [-0.25, -0.2) is 4.98 Å². The number of carbonyl (C=O) groups excluding carboxylic acids is 1. The number of carbonyl (C=O) groups is 1. The number of amides is 1. The monoisotopic (exact) mass is 467 g/mol. The van der Waals surface area contributed by atoms with Gasteiger partial charge < -0.3 is 9.64 Å². The average molecular weight is 468 g/mol. The summed E-state index contributed by atoms with van der Waals surface area (Å²) in [6.45, 7) is 3.14. The first-order valence-electron chi connectivity index (χ1n) is 11.3. The van der Waals surface area contributed by atoms with Gasteiger partial charge in [0.1, 0.15) is 5.75 Å². The molecule has 0 bridgehead atoms. The molecule has 0 aliphatic rings. The number of thiazole rings is 1. The molecule has 6 heteroatoms. The van der Waals surface area contributed by atoms with Crippen molar-refractivity contribution in [2.24, 2.45) is 0 Å². The zero-order valence-corrected chi connectivity index (χ0v) is 19.7. The molecule has 5 rings (SSSR count). The molecule has 3 aromatic carbocycles. The fourth-order valence-corrected chi connectivity index (χ4v) is 4.80. The van der Waals surface area contributed by atoms with Crippen molar-refractivity contribution in [3.8, 4) is 17.0 Å². The van der Waals surface area contributed by atoms with E-state index in [1.807, 2.05) is 113 Å². The van der Waals surface area contributed by atoms with Crippen molar-refractivity contribution in [1.29, 1.82) is 0 Å². The predicted octanol–water partition coefficient (Wildman–Crippen LogP) is 6.24. The van der Waals surface area contributed by atoms with E-state index in [0.29, 0.717) is 19.6 Å². The van der Waals surface area contributed by atoms with Gasteiger partial charge in [0.05, 0.1) is 25.3 Å². The van der Waals surface area contributed by atoms with E-state index >= 15 is 0 Å². The number of benzene rings is 3. The van der Waals surface area contributed by atoms with Crippen LogP contribution in [-0.2, 0) is 17.8 Å². The van der Waals surface area contributed by atoms with Crippen molar-refractivity contribution in [3.63, 3.8) is 0 Å². The Balaban J connectivity index is 1.40. The number of nitrogens with zero attached hydrogens (tertiary/aromatic N) is 3. The van der Waals surface area contributed by atoms with Gasteiger partial charge in [0.15, 0.2) is 4.96 Å². The van der Waals surface area contributed by atoms with Gasteiger partial charge in [0, 0.05) is 28.5 Å². The van der Waals surface area contributed by atoms with Gasteiger partial charge in [-0.2, -0.15) is 0 Å². The first-order chi connectivity index (χ1) is 16.7. The fraction of sp³-hybridized carbons (Fsp3) is 0.143. The van der Waals surface area contributed by atoms with Crippen molar-refractivity contribution < 1.29 is 9.53 Å². The average Bonchev–Trinajstić information content (AvgIpc) is 3.46. The molecule has 0 spiro atoms. The molecule has 0 radical (unpaired) electrons. The summed E-state index contributed by atoms with van der Waals surface area (Å²) < 4.78 is 7.57. The summed E-state index contributed by atoms with van der Waals surface area (Å²) in [6.07, 6.45) is 2.30. The Morgan fingerprint density at radius 2 is 1.68 bits per heavy atom. The molecule has 0 N–H and O–H groups in total. The first-order valence-corrected chi connectivity index (χ1v) is 12.2. The lowest BCUT2D eigenvalue weighted by Gasteiger charge is -2.23. The lowest BCUT2D eigenvalue weighted by atomic mass is 10.1. The van der Waals surface area contributed by atoms with E-state index in [1.54, 1.807) is 11.3 Å². The van der Waals surface area contributed by atoms with Gasteiger partial charge in [0.25, 0.3) is 0 Å². The number of aromatic nitrogens is 2.